The molecule has 0 aliphatic rings. The van der Waals surface area contributed by atoms with E-state index >= 15 is 0 Å². The van der Waals surface area contributed by atoms with Gasteiger partial charge in [-0.3, -0.25) is 9.59 Å². The summed E-state index contributed by atoms with van der Waals surface area (Å²) in [5.74, 6) is -1.28. The molecule has 1 aromatic carbocycles. The topological polar surface area (TPSA) is 52.6 Å². The van der Waals surface area contributed by atoms with Crippen molar-refractivity contribution in [2.24, 2.45) is 5.92 Å². The van der Waals surface area contributed by atoms with Crippen LogP contribution in [0.5, 0.6) is 0 Å². The molecule has 1 atom stereocenters. The van der Waals surface area contributed by atoms with Gasteiger partial charge in [0.2, 0.25) is 0 Å². The van der Waals surface area contributed by atoms with Crippen LogP contribution in [0.1, 0.15) is 39.7 Å². The number of hydrogen-bond donors (Lipinski definition) is 0. The molecule has 0 N–H and O–H groups in total. The molecule has 1 rings (SSSR count). The molecule has 0 saturated heterocycles. The summed E-state index contributed by atoms with van der Waals surface area (Å²) in [6, 6.07) is 9.43. The molecule has 0 unspecified atom stereocenters. The predicted octanol–water partition coefficient (Wildman–Crippen LogP) is 3.10. The lowest BCUT2D eigenvalue weighted by atomic mass is 10.1. The predicted molar refractivity (Wildman–Crippen MR) is 75.9 cm³/mol. The minimum atomic E-state index is -0.537. The zero-order valence-corrected chi connectivity index (χ0v) is 12.5. The summed E-state index contributed by atoms with van der Waals surface area (Å²) < 4.78 is 10.3. The van der Waals surface area contributed by atoms with Crippen molar-refractivity contribution in [1.82, 2.24) is 0 Å². The van der Waals surface area contributed by atoms with Crippen molar-refractivity contribution in [3.05, 3.63) is 35.9 Å². The normalized spacial score (nSPS) is 12.6. The lowest BCUT2D eigenvalue weighted by Gasteiger charge is -2.20. The van der Waals surface area contributed by atoms with Gasteiger partial charge in [0.15, 0.2) is 0 Å². The Balaban J connectivity index is 2.38. The number of benzene rings is 1. The van der Waals surface area contributed by atoms with Gasteiger partial charge in [0, 0.05) is 0 Å². The van der Waals surface area contributed by atoms with E-state index in [0.717, 1.165) is 5.56 Å². The highest BCUT2D eigenvalue weighted by Crippen LogP contribution is 2.13. The van der Waals surface area contributed by atoms with Crippen molar-refractivity contribution in [1.29, 1.82) is 0 Å². The van der Waals surface area contributed by atoms with Crippen LogP contribution in [-0.4, -0.2) is 17.5 Å². The molecule has 0 fully saturated rings. The summed E-state index contributed by atoms with van der Waals surface area (Å²) in [5, 5.41) is 0. The van der Waals surface area contributed by atoms with Gasteiger partial charge in [0.25, 0.3) is 0 Å². The highest BCUT2D eigenvalue weighted by atomic mass is 16.6. The average Bonchev–Trinajstić information content (AvgIpc) is 2.34. The van der Waals surface area contributed by atoms with Crippen molar-refractivity contribution in [3.63, 3.8) is 0 Å². The van der Waals surface area contributed by atoms with E-state index in [1.807, 2.05) is 30.3 Å². The highest BCUT2D eigenvalue weighted by Gasteiger charge is 2.23. The second-order valence-electron chi connectivity index (χ2n) is 5.78. The van der Waals surface area contributed by atoms with Crippen molar-refractivity contribution in [2.45, 2.75) is 46.3 Å². The van der Waals surface area contributed by atoms with Gasteiger partial charge in [-0.1, -0.05) is 37.3 Å². The molecule has 4 nitrogen and oxygen atoms in total. The number of rotatable bonds is 5. The zero-order valence-electron chi connectivity index (χ0n) is 12.5. The first-order valence-electron chi connectivity index (χ1n) is 6.70. The average molecular weight is 278 g/mol. The van der Waals surface area contributed by atoms with Crippen molar-refractivity contribution in [2.75, 3.05) is 0 Å². The summed E-state index contributed by atoms with van der Waals surface area (Å²) in [6.07, 6.45) is 0.0326. The fourth-order valence-corrected chi connectivity index (χ4v) is 1.59. The van der Waals surface area contributed by atoms with Crippen molar-refractivity contribution in [3.8, 4) is 0 Å². The van der Waals surface area contributed by atoms with Crippen LogP contribution in [0.15, 0.2) is 30.3 Å². The molecule has 0 heterocycles. The molecule has 1 aromatic rings. The maximum Gasteiger partial charge on any atom is 0.309 e. The molecule has 0 radical (unpaired) electrons. The SMILES string of the molecule is C[C@@H](CC(=O)OC(C)(C)C)C(=O)OCc1ccccc1. The van der Waals surface area contributed by atoms with Crippen LogP contribution < -0.4 is 0 Å². The van der Waals surface area contributed by atoms with E-state index < -0.39 is 11.5 Å². The second-order valence-corrected chi connectivity index (χ2v) is 5.78. The van der Waals surface area contributed by atoms with Crippen LogP contribution >= 0.6 is 0 Å². The largest absolute Gasteiger partial charge is 0.461 e. The Labute approximate surface area is 120 Å². The van der Waals surface area contributed by atoms with E-state index in [4.69, 9.17) is 9.47 Å². The molecule has 0 aliphatic heterocycles. The Morgan fingerprint density at radius 1 is 1.15 bits per heavy atom. The number of hydrogen-bond acceptors (Lipinski definition) is 4. The Kier molecular flexibility index (Phi) is 5.74. The molecule has 0 aliphatic carbocycles. The minimum Gasteiger partial charge on any atom is -0.461 e. The third-order valence-corrected chi connectivity index (χ3v) is 2.52. The van der Waals surface area contributed by atoms with Crippen LogP contribution in [0.2, 0.25) is 0 Å². The molecular weight excluding hydrogens is 256 g/mol. The summed E-state index contributed by atoms with van der Waals surface area (Å²) in [5.41, 5.74) is 0.385. The fraction of sp³-hybridized carbons (Fsp3) is 0.500. The maximum absolute atomic E-state index is 11.8. The number of carbonyl (C=O) groups is 2. The van der Waals surface area contributed by atoms with Gasteiger partial charge in [0.1, 0.15) is 12.2 Å². The van der Waals surface area contributed by atoms with Gasteiger partial charge in [0.05, 0.1) is 12.3 Å². The van der Waals surface area contributed by atoms with Crippen molar-refractivity contribution < 1.29 is 19.1 Å². The molecule has 0 spiro atoms. The first-order valence-corrected chi connectivity index (χ1v) is 6.70. The van der Waals surface area contributed by atoms with Crippen LogP contribution in [-0.2, 0) is 25.7 Å². The monoisotopic (exact) mass is 278 g/mol. The molecule has 0 bridgehead atoms. The number of esters is 2. The first kappa shape index (κ1) is 16.2. The van der Waals surface area contributed by atoms with Crippen molar-refractivity contribution >= 4 is 11.9 Å². The first-order chi connectivity index (χ1) is 9.28. The fourth-order valence-electron chi connectivity index (χ4n) is 1.59. The van der Waals surface area contributed by atoms with Gasteiger partial charge in [-0.05, 0) is 26.3 Å². The zero-order chi connectivity index (χ0) is 15.2. The van der Waals surface area contributed by atoms with E-state index in [9.17, 15) is 9.59 Å². The molecule has 0 amide bonds. The van der Waals surface area contributed by atoms with Gasteiger partial charge in [-0.25, -0.2) is 0 Å². The van der Waals surface area contributed by atoms with Gasteiger partial charge in [-0.15, -0.1) is 0 Å². The van der Waals surface area contributed by atoms with Crippen LogP contribution in [0.3, 0.4) is 0 Å². The Bertz CT molecular complexity index is 445. The van der Waals surface area contributed by atoms with E-state index in [-0.39, 0.29) is 25.0 Å². The molecule has 0 aromatic heterocycles. The van der Waals surface area contributed by atoms with Crippen LogP contribution in [0, 0.1) is 5.92 Å². The lowest BCUT2D eigenvalue weighted by molar-refractivity contribution is -0.161. The van der Waals surface area contributed by atoms with E-state index in [0.29, 0.717) is 0 Å². The highest BCUT2D eigenvalue weighted by molar-refractivity contribution is 5.79. The standard InChI is InChI=1S/C16H22O4/c1-12(10-14(17)20-16(2,3)4)15(18)19-11-13-8-6-5-7-9-13/h5-9,12H,10-11H2,1-4H3/t12-/m0/s1. The van der Waals surface area contributed by atoms with Gasteiger partial charge >= 0.3 is 11.9 Å². The number of ether oxygens (including phenoxy) is 2. The second kappa shape index (κ2) is 7.08. The minimum absolute atomic E-state index is 0.0326. The Hall–Kier alpha value is -1.84. The molecule has 4 heteroatoms. The molecular formula is C16H22O4. The van der Waals surface area contributed by atoms with Gasteiger partial charge < -0.3 is 9.47 Å². The van der Waals surface area contributed by atoms with E-state index in [1.54, 1.807) is 27.7 Å². The summed E-state index contributed by atoms with van der Waals surface area (Å²) >= 11 is 0. The third-order valence-electron chi connectivity index (χ3n) is 2.52. The van der Waals surface area contributed by atoms with E-state index in [1.165, 1.54) is 0 Å². The lowest BCUT2D eigenvalue weighted by Crippen LogP contribution is -2.27. The molecule has 0 saturated carbocycles. The maximum atomic E-state index is 11.8. The number of carbonyl (C=O) groups excluding carboxylic acids is 2. The third kappa shape index (κ3) is 6.36. The molecule has 20 heavy (non-hydrogen) atoms. The smallest absolute Gasteiger partial charge is 0.309 e. The van der Waals surface area contributed by atoms with Crippen LogP contribution in [0.25, 0.3) is 0 Å². The Morgan fingerprint density at radius 3 is 2.30 bits per heavy atom. The Morgan fingerprint density at radius 2 is 1.75 bits per heavy atom. The van der Waals surface area contributed by atoms with E-state index in [2.05, 4.69) is 0 Å². The summed E-state index contributed by atoms with van der Waals surface area (Å²) in [6.45, 7) is 7.27. The summed E-state index contributed by atoms with van der Waals surface area (Å²) in [7, 11) is 0. The molecule has 110 valence electrons. The quantitative estimate of drug-likeness (QED) is 0.777. The van der Waals surface area contributed by atoms with Crippen LogP contribution in [0.4, 0.5) is 0 Å². The summed E-state index contributed by atoms with van der Waals surface area (Å²) in [4.78, 5) is 23.4. The van der Waals surface area contributed by atoms with Gasteiger partial charge in [-0.2, -0.15) is 0 Å².